The van der Waals surface area contributed by atoms with E-state index in [1.165, 1.54) is 0 Å². The Morgan fingerprint density at radius 3 is 2.90 bits per heavy atom. The molecule has 0 aliphatic carbocycles. The standard InChI is InChI=1S/C14H18N2O4/c1-10(9-19-2)20-14(18)7-16-12-6-4-3-5-11(12)15-13(16)8-17/h3-6,10,17H,7-9H2,1-2H3. The zero-order valence-corrected chi connectivity index (χ0v) is 11.6. The lowest BCUT2D eigenvalue weighted by Crippen LogP contribution is -2.23. The molecule has 1 aromatic carbocycles. The first-order chi connectivity index (χ1) is 9.65. The van der Waals surface area contributed by atoms with Crippen LogP contribution in [0.15, 0.2) is 24.3 Å². The number of hydrogen-bond acceptors (Lipinski definition) is 5. The Labute approximate surface area is 116 Å². The molecule has 0 aliphatic rings. The molecule has 20 heavy (non-hydrogen) atoms. The lowest BCUT2D eigenvalue weighted by atomic mass is 10.3. The topological polar surface area (TPSA) is 73.6 Å². The maximum absolute atomic E-state index is 11.9. The average Bonchev–Trinajstić information content (AvgIpc) is 2.77. The maximum atomic E-state index is 11.9. The van der Waals surface area contributed by atoms with Gasteiger partial charge in [0.15, 0.2) is 0 Å². The molecule has 0 aliphatic heterocycles. The molecular formula is C14H18N2O4. The average molecular weight is 278 g/mol. The second kappa shape index (κ2) is 6.49. The first-order valence-corrected chi connectivity index (χ1v) is 6.39. The zero-order valence-electron chi connectivity index (χ0n) is 11.6. The first kappa shape index (κ1) is 14.5. The fourth-order valence-electron chi connectivity index (χ4n) is 2.08. The highest BCUT2D eigenvalue weighted by Crippen LogP contribution is 2.16. The fraction of sp³-hybridized carbons (Fsp3) is 0.429. The van der Waals surface area contributed by atoms with Gasteiger partial charge in [0.05, 0.1) is 17.6 Å². The molecule has 0 bridgehead atoms. The van der Waals surface area contributed by atoms with Crippen LogP contribution in [-0.2, 0) is 27.4 Å². The third kappa shape index (κ3) is 3.15. The lowest BCUT2D eigenvalue weighted by Gasteiger charge is -2.13. The summed E-state index contributed by atoms with van der Waals surface area (Å²) >= 11 is 0. The Bertz CT molecular complexity index is 594. The van der Waals surface area contributed by atoms with E-state index in [1.807, 2.05) is 24.3 Å². The van der Waals surface area contributed by atoms with Gasteiger partial charge < -0.3 is 19.1 Å². The van der Waals surface area contributed by atoms with Gasteiger partial charge in [-0.2, -0.15) is 0 Å². The van der Waals surface area contributed by atoms with Gasteiger partial charge in [0.25, 0.3) is 0 Å². The number of imidazole rings is 1. The van der Waals surface area contributed by atoms with Crippen LogP contribution in [0.5, 0.6) is 0 Å². The molecule has 1 heterocycles. The summed E-state index contributed by atoms with van der Waals surface area (Å²) in [6.07, 6.45) is -0.306. The largest absolute Gasteiger partial charge is 0.459 e. The number of ether oxygens (including phenoxy) is 2. The molecule has 0 radical (unpaired) electrons. The molecule has 2 rings (SSSR count). The SMILES string of the molecule is COCC(C)OC(=O)Cn1c(CO)nc2ccccc21. The van der Waals surface area contributed by atoms with Gasteiger partial charge in [-0.3, -0.25) is 4.79 Å². The van der Waals surface area contributed by atoms with Gasteiger partial charge in [-0.25, -0.2) is 4.98 Å². The minimum Gasteiger partial charge on any atom is -0.459 e. The number of para-hydroxylation sites is 2. The molecule has 108 valence electrons. The maximum Gasteiger partial charge on any atom is 0.326 e. The smallest absolute Gasteiger partial charge is 0.326 e. The van der Waals surface area contributed by atoms with Gasteiger partial charge in [-0.1, -0.05) is 12.1 Å². The molecule has 6 heteroatoms. The molecule has 1 aromatic heterocycles. The van der Waals surface area contributed by atoms with Crippen LogP contribution in [0.25, 0.3) is 11.0 Å². The van der Waals surface area contributed by atoms with Crippen molar-refractivity contribution in [2.45, 2.75) is 26.2 Å². The summed E-state index contributed by atoms with van der Waals surface area (Å²) in [6, 6.07) is 7.41. The minimum absolute atomic E-state index is 0.0183. The third-order valence-electron chi connectivity index (χ3n) is 2.90. The number of carbonyl (C=O) groups excluding carboxylic acids is 1. The number of methoxy groups -OCH3 is 1. The van der Waals surface area contributed by atoms with E-state index in [1.54, 1.807) is 18.6 Å². The Morgan fingerprint density at radius 2 is 2.20 bits per heavy atom. The van der Waals surface area contributed by atoms with Gasteiger partial charge in [0, 0.05) is 7.11 Å². The van der Waals surface area contributed by atoms with Crippen molar-refractivity contribution in [3.8, 4) is 0 Å². The highest BCUT2D eigenvalue weighted by atomic mass is 16.6. The van der Waals surface area contributed by atoms with Crippen LogP contribution in [0.4, 0.5) is 0 Å². The Morgan fingerprint density at radius 1 is 1.45 bits per heavy atom. The summed E-state index contributed by atoms with van der Waals surface area (Å²) in [7, 11) is 1.55. The summed E-state index contributed by atoms with van der Waals surface area (Å²) in [4.78, 5) is 16.2. The molecule has 0 saturated carbocycles. The zero-order chi connectivity index (χ0) is 14.5. The number of benzene rings is 1. The van der Waals surface area contributed by atoms with E-state index in [9.17, 15) is 9.90 Å². The van der Waals surface area contributed by atoms with E-state index in [0.29, 0.717) is 12.4 Å². The minimum atomic E-state index is -0.382. The van der Waals surface area contributed by atoms with E-state index < -0.39 is 0 Å². The molecule has 1 atom stereocenters. The summed E-state index contributed by atoms with van der Waals surface area (Å²) in [6.45, 7) is 1.91. The second-order valence-corrected chi connectivity index (χ2v) is 4.52. The Balaban J connectivity index is 2.18. The highest BCUT2D eigenvalue weighted by molar-refractivity contribution is 5.78. The van der Waals surface area contributed by atoms with E-state index in [4.69, 9.17) is 9.47 Å². The molecule has 0 amide bonds. The lowest BCUT2D eigenvalue weighted by molar-refractivity contribution is -0.151. The van der Waals surface area contributed by atoms with Crippen LogP contribution in [0.2, 0.25) is 0 Å². The predicted octanol–water partition coefficient (Wildman–Crippen LogP) is 1.11. The molecule has 0 fully saturated rings. The van der Waals surface area contributed by atoms with Gasteiger partial charge in [0.1, 0.15) is 25.1 Å². The van der Waals surface area contributed by atoms with Gasteiger partial charge >= 0.3 is 5.97 Å². The molecular weight excluding hydrogens is 260 g/mol. The normalized spacial score (nSPS) is 12.6. The van der Waals surface area contributed by atoms with E-state index >= 15 is 0 Å². The number of carbonyl (C=O) groups is 1. The number of esters is 1. The number of aliphatic hydroxyl groups excluding tert-OH is 1. The number of aromatic nitrogens is 2. The van der Waals surface area contributed by atoms with Crippen molar-refractivity contribution in [2.24, 2.45) is 0 Å². The molecule has 0 saturated heterocycles. The van der Waals surface area contributed by atoms with Crippen LogP contribution in [-0.4, -0.2) is 40.4 Å². The first-order valence-electron chi connectivity index (χ1n) is 6.39. The molecule has 1 unspecified atom stereocenters. The Kier molecular flexibility index (Phi) is 4.70. The van der Waals surface area contributed by atoms with Crippen LogP contribution in [0, 0.1) is 0 Å². The second-order valence-electron chi connectivity index (χ2n) is 4.52. The van der Waals surface area contributed by atoms with Crippen LogP contribution in [0.3, 0.4) is 0 Å². The number of hydrogen-bond donors (Lipinski definition) is 1. The van der Waals surface area contributed by atoms with Crippen molar-refractivity contribution in [3.63, 3.8) is 0 Å². The number of rotatable bonds is 6. The van der Waals surface area contributed by atoms with E-state index in [2.05, 4.69) is 4.98 Å². The van der Waals surface area contributed by atoms with Crippen molar-refractivity contribution in [2.75, 3.05) is 13.7 Å². The number of nitrogens with zero attached hydrogens (tertiary/aromatic N) is 2. The van der Waals surface area contributed by atoms with Crippen molar-refractivity contribution >= 4 is 17.0 Å². The van der Waals surface area contributed by atoms with Gasteiger partial charge in [0.2, 0.25) is 0 Å². The summed E-state index contributed by atoms with van der Waals surface area (Å²) in [5.41, 5.74) is 1.54. The fourth-order valence-corrected chi connectivity index (χ4v) is 2.08. The third-order valence-corrected chi connectivity index (χ3v) is 2.90. The van der Waals surface area contributed by atoms with Crippen molar-refractivity contribution in [1.29, 1.82) is 0 Å². The van der Waals surface area contributed by atoms with Crippen LogP contribution in [0.1, 0.15) is 12.7 Å². The molecule has 1 N–H and O–H groups in total. The molecule has 6 nitrogen and oxygen atoms in total. The van der Waals surface area contributed by atoms with Crippen molar-refractivity contribution < 1.29 is 19.4 Å². The number of fused-ring (bicyclic) bond motifs is 1. The molecule has 0 spiro atoms. The summed E-state index contributed by atoms with van der Waals surface area (Å²) in [5, 5.41) is 9.34. The van der Waals surface area contributed by atoms with E-state index in [-0.39, 0.29) is 25.2 Å². The summed E-state index contributed by atoms with van der Waals surface area (Å²) in [5.74, 6) is 0.0648. The number of aliphatic hydroxyl groups is 1. The van der Waals surface area contributed by atoms with Crippen LogP contribution < -0.4 is 0 Å². The van der Waals surface area contributed by atoms with E-state index in [0.717, 1.165) is 11.0 Å². The quantitative estimate of drug-likeness (QED) is 0.801. The monoisotopic (exact) mass is 278 g/mol. The summed E-state index contributed by atoms with van der Waals surface area (Å²) < 4.78 is 11.8. The van der Waals surface area contributed by atoms with Crippen LogP contribution >= 0.6 is 0 Å². The van der Waals surface area contributed by atoms with Crippen molar-refractivity contribution in [1.82, 2.24) is 9.55 Å². The van der Waals surface area contributed by atoms with Crippen molar-refractivity contribution in [3.05, 3.63) is 30.1 Å². The van der Waals surface area contributed by atoms with Gasteiger partial charge in [-0.05, 0) is 19.1 Å². The highest BCUT2D eigenvalue weighted by Gasteiger charge is 2.15. The predicted molar refractivity (Wildman–Crippen MR) is 73.1 cm³/mol. The Hall–Kier alpha value is -1.92. The van der Waals surface area contributed by atoms with Gasteiger partial charge in [-0.15, -0.1) is 0 Å². The molecule has 2 aromatic rings.